The second-order valence-electron chi connectivity index (χ2n) is 10.1. The Morgan fingerprint density at radius 2 is 2.03 bits per heavy atom. The average molecular weight is 413 g/mol. The second kappa shape index (κ2) is 8.88. The van der Waals surface area contributed by atoms with Crippen LogP contribution in [0.3, 0.4) is 0 Å². The van der Waals surface area contributed by atoms with Gasteiger partial charge in [-0.2, -0.15) is 0 Å². The maximum absolute atomic E-state index is 13.4. The van der Waals surface area contributed by atoms with Crippen molar-refractivity contribution in [2.45, 2.75) is 51.4 Å². The molecule has 3 bridgehead atoms. The van der Waals surface area contributed by atoms with Crippen molar-refractivity contribution in [3.8, 4) is 5.75 Å². The first-order chi connectivity index (χ1) is 14.7. The van der Waals surface area contributed by atoms with Gasteiger partial charge in [0.2, 0.25) is 5.91 Å². The van der Waals surface area contributed by atoms with Crippen LogP contribution in [0.5, 0.6) is 5.75 Å². The molecule has 3 aliphatic carbocycles. The monoisotopic (exact) mass is 412 g/mol. The minimum atomic E-state index is -0.117. The van der Waals surface area contributed by atoms with Gasteiger partial charge in [0, 0.05) is 31.4 Å². The molecule has 5 heteroatoms. The first-order valence-electron chi connectivity index (χ1n) is 12.0. The Kier molecular flexibility index (Phi) is 6.01. The molecule has 0 radical (unpaired) electrons. The number of carbonyl (C=O) groups excluding carboxylic acids is 1. The number of benzene rings is 1. The zero-order valence-corrected chi connectivity index (χ0v) is 18.1. The number of morpholine rings is 1. The maximum Gasteiger partial charge on any atom is 0.230 e. The second-order valence-corrected chi connectivity index (χ2v) is 10.1. The molecule has 0 aromatic heterocycles. The van der Waals surface area contributed by atoms with Gasteiger partial charge in [-0.1, -0.05) is 25.3 Å². The van der Waals surface area contributed by atoms with E-state index in [0.717, 1.165) is 87.7 Å². The van der Waals surface area contributed by atoms with Crippen LogP contribution in [0.1, 0.15) is 51.4 Å². The van der Waals surface area contributed by atoms with Crippen molar-refractivity contribution in [3.05, 3.63) is 24.3 Å². The molecule has 1 aromatic carbocycles. The smallest absolute Gasteiger partial charge is 0.230 e. The van der Waals surface area contributed by atoms with E-state index in [-0.39, 0.29) is 11.3 Å². The summed E-state index contributed by atoms with van der Waals surface area (Å²) in [5.41, 5.74) is 0.757. The number of anilines is 1. The zero-order chi connectivity index (χ0) is 20.4. The Morgan fingerprint density at radius 3 is 2.93 bits per heavy atom. The van der Waals surface area contributed by atoms with Crippen LogP contribution < -0.4 is 10.1 Å². The minimum absolute atomic E-state index is 0.117. The van der Waals surface area contributed by atoms with Crippen LogP contribution in [0.25, 0.3) is 0 Å². The molecule has 30 heavy (non-hydrogen) atoms. The molecule has 1 heterocycles. The molecule has 5 rings (SSSR count). The van der Waals surface area contributed by atoms with Crippen LogP contribution in [0, 0.1) is 23.2 Å². The lowest BCUT2D eigenvalue weighted by Crippen LogP contribution is -2.38. The van der Waals surface area contributed by atoms with E-state index in [9.17, 15) is 4.79 Å². The van der Waals surface area contributed by atoms with Gasteiger partial charge in [0.25, 0.3) is 0 Å². The van der Waals surface area contributed by atoms with Crippen LogP contribution in [-0.4, -0.2) is 50.3 Å². The van der Waals surface area contributed by atoms with E-state index in [2.05, 4.69) is 10.2 Å². The number of fused-ring (bicyclic) bond motifs is 2. The Bertz CT molecular complexity index is 744. The van der Waals surface area contributed by atoms with Gasteiger partial charge in [0.1, 0.15) is 5.75 Å². The molecular formula is C25H36N2O3. The van der Waals surface area contributed by atoms with Gasteiger partial charge in [0.15, 0.2) is 0 Å². The van der Waals surface area contributed by atoms with Gasteiger partial charge >= 0.3 is 0 Å². The maximum atomic E-state index is 13.4. The van der Waals surface area contributed by atoms with Gasteiger partial charge in [-0.05, 0) is 62.0 Å². The highest BCUT2D eigenvalue weighted by Gasteiger charge is 2.55. The summed E-state index contributed by atoms with van der Waals surface area (Å²) in [6, 6.07) is 7.95. The molecule has 4 unspecified atom stereocenters. The number of rotatable bonds is 7. The molecule has 1 amide bonds. The number of hydrogen-bond donors (Lipinski definition) is 1. The van der Waals surface area contributed by atoms with Crippen LogP contribution in [0.4, 0.5) is 5.69 Å². The third kappa shape index (κ3) is 4.38. The van der Waals surface area contributed by atoms with E-state index in [1.807, 2.05) is 24.3 Å². The van der Waals surface area contributed by atoms with Crippen molar-refractivity contribution in [2.24, 2.45) is 23.2 Å². The molecule has 164 valence electrons. The fourth-order valence-electron chi connectivity index (χ4n) is 6.66. The number of nitrogens with one attached hydrogen (secondary N) is 1. The van der Waals surface area contributed by atoms with E-state index >= 15 is 0 Å². The SMILES string of the molecule is O=C(Nc1cccc(OCCCN2CCOCC2)c1)C12CC3CCCC(C1)C(C3)C2. The summed E-state index contributed by atoms with van der Waals surface area (Å²) in [4.78, 5) is 15.8. The van der Waals surface area contributed by atoms with Gasteiger partial charge < -0.3 is 14.8 Å². The number of nitrogens with zero attached hydrogens (tertiary/aromatic N) is 1. The first kappa shape index (κ1) is 20.3. The molecule has 4 fully saturated rings. The third-order valence-electron chi connectivity index (χ3n) is 8.04. The fraction of sp³-hybridized carbons (Fsp3) is 0.720. The number of hydrogen-bond acceptors (Lipinski definition) is 4. The molecule has 3 saturated carbocycles. The summed E-state index contributed by atoms with van der Waals surface area (Å²) in [5.74, 6) is 3.44. The van der Waals surface area contributed by atoms with Crippen molar-refractivity contribution in [1.82, 2.24) is 4.90 Å². The quantitative estimate of drug-likeness (QED) is 0.677. The van der Waals surface area contributed by atoms with Crippen molar-refractivity contribution >= 4 is 11.6 Å². The van der Waals surface area contributed by atoms with E-state index in [1.165, 1.54) is 25.7 Å². The van der Waals surface area contributed by atoms with Gasteiger partial charge in [-0.25, -0.2) is 0 Å². The molecule has 1 saturated heterocycles. The molecule has 0 spiro atoms. The summed E-state index contributed by atoms with van der Waals surface area (Å²) in [6.45, 7) is 5.46. The highest BCUT2D eigenvalue weighted by atomic mass is 16.5. The predicted molar refractivity (Wildman–Crippen MR) is 118 cm³/mol. The van der Waals surface area contributed by atoms with Crippen molar-refractivity contribution in [1.29, 1.82) is 0 Å². The Hall–Kier alpha value is -1.59. The highest BCUT2D eigenvalue weighted by Crippen LogP contribution is 2.60. The molecule has 4 aliphatic rings. The molecular weight excluding hydrogens is 376 g/mol. The Morgan fingerprint density at radius 1 is 1.17 bits per heavy atom. The third-order valence-corrected chi connectivity index (χ3v) is 8.04. The van der Waals surface area contributed by atoms with E-state index in [4.69, 9.17) is 9.47 Å². The van der Waals surface area contributed by atoms with Crippen LogP contribution in [-0.2, 0) is 9.53 Å². The zero-order valence-electron chi connectivity index (χ0n) is 18.1. The summed E-state index contributed by atoms with van der Waals surface area (Å²) in [5, 5.41) is 3.26. The summed E-state index contributed by atoms with van der Waals surface area (Å²) < 4.78 is 11.4. The lowest BCUT2D eigenvalue weighted by Gasteiger charge is -2.36. The Labute approximate surface area is 180 Å². The van der Waals surface area contributed by atoms with Crippen molar-refractivity contribution in [3.63, 3.8) is 0 Å². The van der Waals surface area contributed by atoms with Crippen LogP contribution in [0.2, 0.25) is 0 Å². The summed E-state index contributed by atoms with van der Waals surface area (Å²) in [6.07, 6.45) is 9.73. The van der Waals surface area contributed by atoms with Crippen LogP contribution >= 0.6 is 0 Å². The lowest BCUT2D eigenvalue weighted by molar-refractivity contribution is -0.127. The standard InChI is InChI=1S/C25H36N2O3/c28-24(25-16-19-4-1-5-20(17-25)21(14-19)18-25)26-22-6-2-7-23(15-22)30-11-3-8-27-9-12-29-13-10-27/h2,6-7,15,19-21H,1,3-5,8-14,16-18H2,(H,26,28). The van der Waals surface area contributed by atoms with Gasteiger partial charge in [0.05, 0.1) is 25.2 Å². The van der Waals surface area contributed by atoms with Crippen LogP contribution in [0.15, 0.2) is 24.3 Å². The van der Waals surface area contributed by atoms with E-state index in [0.29, 0.717) is 6.61 Å². The molecule has 1 N–H and O–H groups in total. The Balaban J connectivity index is 1.14. The predicted octanol–water partition coefficient (Wildman–Crippen LogP) is 4.33. The molecule has 5 nitrogen and oxygen atoms in total. The topological polar surface area (TPSA) is 50.8 Å². The van der Waals surface area contributed by atoms with E-state index < -0.39 is 0 Å². The first-order valence-corrected chi connectivity index (χ1v) is 12.0. The van der Waals surface area contributed by atoms with Crippen molar-refractivity contribution < 1.29 is 14.3 Å². The van der Waals surface area contributed by atoms with Crippen molar-refractivity contribution in [2.75, 3.05) is 44.8 Å². The fourth-order valence-corrected chi connectivity index (χ4v) is 6.66. The average Bonchev–Trinajstić information content (AvgIpc) is 2.93. The summed E-state index contributed by atoms with van der Waals surface area (Å²) >= 11 is 0. The number of amides is 1. The minimum Gasteiger partial charge on any atom is -0.493 e. The number of ether oxygens (including phenoxy) is 2. The highest BCUT2D eigenvalue weighted by molar-refractivity contribution is 5.95. The largest absolute Gasteiger partial charge is 0.493 e. The molecule has 1 aromatic rings. The van der Waals surface area contributed by atoms with Gasteiger partial charge in [-0.3, -0.25) is 9.69 Å². The van der Waals surface area contributed by atoms with Gasteiger partial charge in [-0.15, -0.1) is 0 Å². The molecule has 4 atom stereocenters. The number of carbonyl (C=O) groups is 1. The molecule has 1 aliphatic heterocycles. The van der Waals surface area contributed by atoms with E-state index in [1.54, 1.807) is 0 Å². The summed E-state index contributed by atoms with van der Waals surface area (Å²) in [7, 11) is 0. The normalized spacial score (nSPS) is 33.3. The lowest BCUT2D eigenvalue weighted by atomic mass is 9.69.